The first-order valence-corrected chi connectivity index (χ1v) is 10.7. The van der Waals surface area contributed by atoms with E-state index in [9.17, 15) is 18.8 Å². The van der Waals surface area contributed by atoms with Crippen LogP contribution in [0, 0.1) is 29.5 Å². The monoisotopic (exact) mass is 472 g/mol. The van der Waals surface area contributed by atoms with Crippen LogP contribution >= 0.6 is 15.9 Å². The van der Waals surface area contributed by atoms with Gasteiger partial charge < -0.3 is 15.4 Å². The van der Waals surface area contributed by atoms with E-state index in [4.69, 9.17) is 4.74 Å². The summed E-state index contributed by atoms with van der Waals surface area (Å²) < 4.78 is 18.5. The number of benzene rings is 2. The average Bonchev–Trinajstić information content (AvgIpc) is 3.34. The first-order chi connectivity index (χ1) is 14.4. The molecule has 3 fully saturated rings. The molecule has 154 valence electrons. The molecule has 3 aliphatic rings. The van der Waals surface area contributed by atoms with Crippen molar-refractivity contribution in [2.45, 2.75) is 17.4 Å². The summed E-state index contributed by atoms with van der Waals surface area (Å²) in [7, 11) is 0. The van der Waals surface area contributed by atoms with Crippen LogP contribution in [0.1, 0.15) is 16.8 Å². The molecule has 8 heteroatoms. The van der Waals surface area contributed by atoms with Crippen LogP contribution in [0.2, 0.25) is 0 Å². The van der Waals surface area contributed by atoms with Crippen LogP contribution in [0.5, 0.6) is 0 Å². The third kappa shape index (κ3) is 3.10. The van der Waals surface area contributed by atoms with E-state index in [1.54, 1.807) is 24.3 Å². The van der Waals surface area contributed by atoms with Crippen molar-refractivity contribution in [3.8, 4) is 0 Å². The summed E-state index contributed by atoms with van der Waals surface area (Å²) in [5.74, 6) is -1.97. The minimum Gasteiger partial charge on any atom is -0.461 e. The van der Waals surface area contributed by atoms with E-state index < -0.39 is 11.8 Å². The number of rotatable bonds is 4. The Kier molecular flexibility index (Phi) is 4.61. The number of esters is 1. The van der Waals surface area contributed by atoms with Crippen molar-refractivity contribution in [3.05, 3.63) is 59.9 Å². The molecule has 2 aromatic rings. The molecule has 2 bridgehead atoms. The molecule has 1 aliphatic heterocycles. The van der Waals surface area contributed by atoms with Gasteiger partial charge in [-0.2, -0.15) is 0 Å². The van der Waals surface area contributed by atoms with Crippen LogP contribution in [-0.2, 0) is 14.3 Å². The molecule has 1 saturated heterocycles. The number of ether oxygens (including phenoxy) is 1. The number of alkyl halides is 1. The van der Waals surface area contributed by atoms with Crippen molar-refractivity contribution in [1.29, 1.82) is 0 Å². The molecule has 0 unspecified atom stereocenters. The summed E-state index contributed by atoms with van der Waals surface area (Å²) in [5.41, 5.74) is 1.29. The molecule has 0 aromatic heterocycles. The smallest absolute Gasteiger partial charge is 0.310 e. The highest BCUT2D eigenvalue weighted by molar-refractivity contribution is 9.09. The highest BCUT2D eigenvalue weighted by atomic mass is 79.9. The first kappa shape index (κ1) is 19.2. The van der Waals surface area contributed by atoms with Crippen LogP contribution in [0.4, 0.5) is 15.8 Å². The average molecular weight is 473 g/mol. The Morgan fingerprint density at radius 3 is 2.57 bits per heavy atom. The molecule has 2 saturated carbocycles. The van der Waals surface area contributed by atoms with Crippen molar-refractivity contribution >= 4 is 45.1 Å². The molecule has 6 nitrogen and oxygen atoms in total. The predicted octanol–water partition coefficient (Wildman–Crippen LogP) is 3.59. The Morgan fingerprint density at radius 1 is 1.03 bits per heavy atom. The molecule has 1 heterocycles. The lowest BCUT2D eigenvalue weighted by molar-refractivity contribution is -0.145. The molecule has 5 rings (SSSR count). The third-order valence-corrected chi connectivity index (χ3v) is 7.52. The van der Waals surface area contributed by atoms with E-state index >= 15 is 0 Å². The highest BCUT2D eigenvalue weighted by Crippen LogP contribution is 2.60. The van der Waals surface area contributed by atoms with Crippen LogP contribution < -0.4 is 10.6 Å². The van der Waals surface area contributed by atoms with E-state index in [-0.39, 0.29) is 46.4 Å². The molecule has 2 amide bonds. The maximum Gasteiger partial charge on any atom is 0.310 e. The number of halogens is 2. The maximum atomic E-state index is 13.0. The number of carbonyl (C=O) groups is 3. The van der Waals surface area contributed by atoms with Crippen molar-refractivity contribution in [2.24, 2.45) is 23.7 Å². The fraction of sp³-hybridized carbons (Fsp3) is 0.318. The first-order valence-electron chi connectivity index (χ1n) is 9.75. The predicted molar refractivity (Wildman–Crippen MR) is 111 cm³/mol. The van der Waals surface area contributed by atoms with Crippen LogP contribution in [0.3, 0.4) is 0 Å². The molecule has 0 radical (unpaired) electrons. The molecule has 2 aliphatic carbocycles. The van der Waals surface area contributed by atoms with Gasteiger partial charge in [-0.3, -0.25) is 14.4 Å². The zero-order chi connectivity index (χ0) is 21.0. The zero-order valence-corrected chi connectivity index (χ0v) is 17.3. The van der Waals surface area contributed by atoms with E-state index in [1.807, 2.05) is 0 Å². The lowest BCUT2D eigenvalue weighted by Gasteiger charge is -2.27. The van der Waals surface area contributed by atoms with E-state index in [2.05, 4.69) is 26.6 Å². The van der Waals surface area contributed by atoms with Gasteiger partial charge in [0.2, 0.25) is 5.91 Å². The fourth-order valence-electron chi connectivity index (χ4n) is 5.03. The van der Waals surface area contributed by atoms with Gasteiger partial charge in [-0.25, -0.2) is 4.39 Å². The molecule has 30 heavy (non-hydrogen) atoms. The van der Waals surface area contributed by atoms with E-state index in [0.29, 0.717) is 16.9 Å². The summed E-state index contributed by atoms with van der Waals surface area (Å²) in [6.45, 7) is 0. The number of hydrogen-bond acceptors (Lipinski definition) is 4. The summed E-state index contributed by atoms with van der Waals surface area (Å²) in [5, 5.41) is 5.55. The van der Waals surface area contributed by atoms with E-state index in [0.717, 1.165) is 6.42 Å². The van der Waals surface area contributed by atoms with Crippen LogP contribution in [0.15, 0.2) is 48.5 Å². The van der Waals surface area contributed by atoms with Gasteiger partial charge in [-0.05, 0) is 54.8 Å². The quantitative estimate of drug-likeness (QED) is 0.525. The Balaban J connectivity index is 1.30. The minimum absolute atomic E-state index is 0.00577. The van der Waals surface area contributed by atoms with Crippen LogP contribution in [-0.4, -0.2) is 28.7 Å². The largest absolute Gasteiger partial charge is 0.461 e. The summed E-state index contributed by atoms with van der Waals surface area (Å²) in [6.07, 6.45) is 0.671. The van der Waals surface area contributed by atoms with Crippen molar-refractivity contribution < 1.29 is 23.5 Å². The Morgan fingerprint density at radius 2 is 1.80 bits per heavy atom. The van der Waals surface area contributed by atoms with Crippen molar-refractivity contribution in [1.82, 2.24) is 0 Å². The van der Waals surface area contributed by atoms with Gasteiger partial charge in [0.25, 0.3) is 5.91 Å². The number of nitrogens with one attached hydrogen (secondary N) is 2. The number of amides is 2. The Bertz CT molecular complexity index is 1040. The summed E-state index contributed by atoms with van der Waals surface area (Å²) in [6, 6.07) is 12.0. The van der Waals surface area contributed by atoms with Gasteiger partial charge in [0.05, 0.1) is 16.7 Å². The van der Waals surface area contributed by atoms with Crippen molar-refractivity contribution in [2.75, 3.05) is 10.6 Å². The Labute approximate surface area is 180 Å². The second-order valence-electron chi connectivity index (χ2n) is 7.99. The molecular formula is C22H18BrFN2O4. The van der Waals surface area contributed by atoms with Crippen molar-refractivity contribution in [3.63, 3.8) is 0 Å². The SMILES string of the molecule is O=C(Nc1ccc(F)cc1)c1cccc(NC(=O)[C@@H]2[C@H]3C[C@H]4[C@H](OC(=O)[C@H]42)[C@@H]3Br)c1. The standard InChI is InChI=1S/C22H18BrFN2O4/c23-18-14-9-15-17(22(29)30-19(15)18)16(14)21(28)26-13-3-1-2-10(8-13)20(27)25-12-6-4-11(24)5-7-12/h1-8,14-19H,9H2,(H,25,27)(H,26,28)/t14-,15-,16-,17-,18-,19+/m1/s1. The van der Waals surface area contributed by atoms with Gasteiger partial charge in [-0.1, -0.05) is 22.0 Å². The second-order valence-corrected chi connectivity index (χ2v) is 9.05. The summed E-state index contributed by atoms with van der Waals surface area (Å²) >= 11 is 3.60. The number of fused-ring (bicyclic) bond motifs is 1. The molecule has 6 atom stereocenters. The Hall–Kier alpha value is -2.74. The van der Waals surface area contributed by atoms with Gasteiger partial charge in [-0.15, -0.1) is 0 Å². The van der Waals surface area contributed by atoms with Gasteiger partial charge >= 0.3 is 5.97 Å². The molecule has 2 N–H and O–H groups in total. The fourth-order valence-corrected chi connectivity index (χ4v) is 6.08. The highest BCUT2D eigenvalue weighted by Gasteiger charge is 2.67. The lowest BCUT2D eigenvalue weighted by Crippen LogP contribution is -2.40. The number of anilines is 2. The number of carbonyl (C=O) groups excluding carboxylic acids is 3. The van der Waals surface area contributed by atoms with Crippen LogP contribution in [0.25, 0.3) is 0 Å². The van der Waals surface area contributed by atoms with Gasteiger partial charge in [0.1, 0.15) is 11.9 Å². The molecule has 2 aromatic carbocycles. The molecule has 0 spiro atoms. The topological polar surface area (TPSA) is 84.5 Å². The zero-order valence-electron chi connectivity index (χ0n) is 15.7. The second kappa shape index (κ2) is 7.19. The number of hydrogen-bond donors (Lipinski definition) is 2. The maximum absolute atomic E-state index is 13.0. The van der Waals surface area contributed by atoms with Gasteiger partial charge in [0.15, 0.2) is 0 Å². The minimum atomic E-state index is -0.442. The lowest BCUT2D eigenvalue weighted by atomic mass is 9.79. The third-order valence-electron chi connectivity index (χ3n) is 6.32. The molecular weight excluding hydrogens is 455 g/mol. The summed E-state index contributed by atoms with van der Waals surface area (Å²) in [4.78, 5) is 37.8. The van der Waals surface area contributed by atoms with Gasteiger partial charge in [0, 0.05) is 22.9 Å². The van der Waals surface area contributed by atoms with E-state index in [1.165, 1.54) is 24.3 Å². The normalized spacial score (nSPS) is 30.8.